The SMILES string of the molecule is S=c1sc2ccccc2n1CSc1ccccn1. The van der Waals surface area contributed by atoms with Crippen LogP contribution in [0.4, 0.5) is 0 Å². The van der Waals surface area contributed by atoms with Gasteiger partial charge in [0.1, 0.15) is 0 Å². The Morgan fingerprint density at radius 3 is 2.83 bits per heavy atom. The summed E-state index contributed by atoms with van der Waals surface area (Å²) in [6.45, 7) is 0. The van der Waals surface area contributed by atoms with Crippen molar-refractivity contribution in [3.05, 3.63) is 52.6 Å². The van der Waals surface area contributed by atoms with Crippen LogP contribution in [0.1, 0.15) is 0 Å². The molecule has 3 aromatic rings. The van der Waals surface area contributed by atoms with E-state index in [9.17, 15) is 0 Å². The van der Waals surface area contributed by atoms with Gasteiger partial charge < -0.3 is 4.57 Å². The van der Waals surface area contributed by atoms with Crippen LogP contribution in [0, 0.1) is 3.95 Å². The second-order valence-electron chi connectivity index (χ2n) is 3.71. The van der Waals surface area contributed by atoms with Crippen molar-refractivity contribution in [3.63, 3.8) is 0 Å². The zero-order valence-corrected chi connectivity index (χ0v) is 11.9. The Bertz CT molecular complexity index is 716. The van der Waals surface area contributed by atoms with Crippen LogP contribution < -0.4 is 0 Å². The number of benzene rings is 1. The molecule has 0 aliphatic carbocycles. The van der Waals surface area contributed by atoms with Crippen LogP contribution >= 0.6 is 35.3 Å². The molecule has 0 saturated carbocycles. The first-order valence-electron chi connectivity index (χ1n) is 5.47. The third-order valence-electron chi connectivity index (χ3n) is 2.55. The van der Waals surface area contributed by atoms with E-state index in [0.29, 0.717) is 0 Å². The van der Waals surface area contributed by atoms with Crippen molar-refractivity contribution < 1.29 is 0 Å². The molecule has 2 heterocycles. The molecular weight excluding hydrogens is 280 g/mol. The Hall–Kier alpha value is -1.17. The van der Waals surface area contributed by atoms with Gasteiger partial charge in [0, 0.05) is 6.20 Å². The van der Waals surface area contributed by atoms with Gasteiger partial charge in [-0.25, -0.2) is 4.98 Å². The van der Waals surface area contributed by atoms with Gasteiger partial charge in [-0.15, -0.1) is 11.3 Å². The number of hydrogen-bond acceptors (Lipinski definition) is 4. The summed E-state index contributed by atoms with van der Waals surface area (Å²) in [5.41, 5.74) is 1.20. The molecule has 1 aromatic carbocycles. The average Bonchev–Trinajstić information content (AvgIpc) is 2.73. The normalized spacial score (nSPS) is 10.9. The Balaban J connectivity index is 1.91. The van der Waals surface area contributed by atoms with E-state index in [1.165, 1.54) is 10.2 Å². The molecule has 3 rings (SSSR count). The van der Waals surface area contributed by atoms with E-state index < -0.39 is 0 Å². The quantitative estimate of drug-likeness (QED) is 0.519. The molecule has 0 amide bonds. The van der Waals surface area contributed by atoms with Crippen molar-refractivity contribution in [2.75, 3.05) is 0 Å². The summed E-state index contributed by atoms with van der Waals surface area (Å²) in [6, 6.07) is 14.3. The Morgan fingerprint density at radius 1 is 1.17 bits per heavy atom. The van der Waals surface area contributed by atoms with Crippen molar-refractivity contribution >= 4 is 45.5 Å². The van der Waals surface area contributed by atoms with E-state index in [4.69, 9.17) is 12.2 Å². The van der Waals surface area contributed by atoms with Crippen LogP contribution in [-0.2, 0) is 5.88 Å². The number of para-hydroxylation sites is 1. The van der Waals surface area contributed by atoms with Gasteiger partial charge in [0.25, 0.3) is 0 Å². The van der Waals surface area contributed by atoms with Crippen molar-refractivity contribution in [2.24, 2.45) is 0 Å². The van der Waals surface area contributed by atoms with Crippen LogP contribution in [0.2, 0.25) is 0 Å². The highest BCUT2D eigenvalue weighted by Crippen LogP contribution is 2.26. The number of rotatable bonds is 3. The van der Waals surface area contributed by atoms with Gasteiger partial charge in [-0.05, 0) is 36.5 Å². The summed E-state index contributed by atoms with van der Waals surface area (Å²) in [5.74, 6) is 0.805. The summed E-state index contributed by atoms with van der Waals surface area (Å²) in [7, 11) is 0. The smallest absolute Gasteiger partial charge is 0.162 e. The lowest BCUT2D eigenvalue weighted by atomic mass is 10.3. The molecule has 0 aliphatic heterocycles. The van der Waals surface area contributed by atoms with E-state index in [1.807, 2.05) is 36.5 Å². The third-order valence-corrected chi connectivity index (χ3v) is 4.91. The summed E-state index contributed by atoms with van der Waals surface area (Å²) in [5, 5.41) is 1.02. The van der Waals surface area contributed by atoms with Crippen LogP contribution in [0.25, 0.3) is 10.2 Å². The number of aromatic nitrogens is 2. The van der Waals surface area contributed by atoms with E-state index >= 15 is 0 Å². The lowest BCUT2D eigenvalue weighted by molar-refractivity contribution is 0.931. The van der Waals surface area contributed by atoms with Gasteiger partial charge in [-0.3, -0.25) is 0 Å². The maximum atomic E-state index is 5.42. The molecule has 0 fully saturated rings. The van der Waals surface area contributed by atoms with Crippen LogP contribution in [0.3, 0.4) is 0 Å². The minimum absolute atomic E-state index is 0.805. The van der Waals surface area contributed by atoms with Gasteiger partial charge in [0.15, 0.2) is 3.95 Å². The van der Waals surface area contributed by atoms with Crippen LogP contribution in [0.15, 0.2) is 53.7 Å². The van der Waals surface area contributed by atoms with Gasteiger partial charge in [0.2, 0.25) is 0 Å². The average molecular weight is 290 g/mol. The van der Waals surface area contributed by atoms with E-state index in [-0.39, 0.29) is 0 Å². The Morgan fingerprint density at radius 2 is 2.00 bits per heavy atom. The fourth-order valence-corrected chi connectivity index (χ4v) is 4.03. The first-order chi connectivity index (χ1) is 8.84. The molecule has 5 heteroatoms. The monoisotopic (exact) mass is 290 g/mol. The Labute approximate surface area is 118 Å². The van der Waals surface area contributed by atoms with Gasteiger partial charge in [0.05, 0.1) is 21.1 Å². The number of pyridine rings is 1. The van der Waals surface area contributed by atoms with Crippen molar-refractivity contribution in [2.45, 2.75) is 10.9 Å². The van der Waals surface area contributed by atoms with Crippen molar-refractivity contribution in [1.82, 2.24) is 9.55 Å². The fraction of sp³-hybridized carbons (Fsp3) is 0.0769. The second kappa shape index (κ2) is 5.22. The number of thiazole rings is 1. The van der Waals surface area contributed by atoms with Crippen molar-refractivity contribution in [3.8, 4) is 0 Å². The summed E-state index contributed by atoms with van der Waals surface area (Å²) >= 11 is 8.77. The van der Waals surface area contributed by atoms with E-state index in [1.54, 1.807) is 23.1 Å². The molecule has 2 aromatic heterocycles. The molecule has 0 radical (unpaired) electrons. The lowest BCUT2D eigenvalue weighted by Crippen LogP contribution is -1.93. The number of thioether (sulfide) groups is 1. The molecule has 0 unspecified atom stereocenters. The van der Waals surface area contributed by atoms with E-state index in [0.717, 1.165) is 14.9 Å². The molecule has 18 heavy (non-hydrogen) atoms. The summed E-state index contributed by atoms with van der Waals surface area (Å²) < 4.78 is 4.32. The zero-order chi connectivity index (χ0) is 12.4. The largest absolute Gasteiger partial charge is 0.313 e. The predicted octanol–water partition coefficient (Wildman–Crippen LogP) is 4.58. The van der Waals surface area contributed by atoms with Gasteiger partial charge in [-0.1, -0.05) is 30.0 Å². The minimum Gasteiger partial charge on any atom is -0.313 e. The van der Waals surface area contributed by atoms with Gasteiger partial charge in [-0.2, -0.15) is 0 Å². The second-order valence-corrected chi connectivity index (χ2v) is 6.35. The molecule has 0 N–H and O–H groups in total. The maximum absolute atomic E-state index is 5.42. The number of hydrogen-bond donors (Lipinski definition) is 0. The molecule has 0 aliphatic rings. The minimum atomic E-state index is 0.805. The predicted molar refractivity (Wildman–Crippen MR) is 80.7 cm³/mol. The highest BCUT2D eigenvalue weighted by molar-refractivity contribution is 7.98. The third kappa shape index (κ3) is 2.34. The first kappa shape index (κ1) is 11.9. The lowest BCUT2D eigenvalue weighted by Gasteiger charge is -2.03. The summed E-state index contributed by atoms with van der Waals surface area (Å²) in [4.78, 5) is 4.31. The maximum Gasteiger partial charge on any atom is 0.162 e. The molecule has 0 saturated heterocycles. The first-order valence-corrected chi connectivity index (χ1v) is 7.68. The molecular formula is C13H10N2S3. The topological polar surface area (TPSA) is 17.8 Å². The summed E-state index contributed by atoms with van der Waals surface area (Å²) in [6.07, 6.45) is 1.81. The van der Waals surface area contributed by atoms with Crippen LogP contribution in [0.5, 0.6) is 0 Å². The zero-order valence-electron chi connectivity index (χ0n) is 9.45. The molecule has 0 bridgehead atoms. The van der Waals surface area contributed by atoms with Crippen molar-refractivity contribution in [1.29, 1.82) is 0 Å². The number of fused-ring (bicyclic) bond motifs is 1. The standard InChI is InChI=1S/C13H10N2S3/c16-13-15(9-17-12-7-3-4-8-14-12)10-5-1-2-6-11(10)18-13/h1-8H,9H2. The van der Waals surface area contributed by atoms with Crippen LogP contribution in [-0.4, -0.2) is 9.55 Å². The molecule has 2 nitrogen and oxygen atoms in total. The van der Waals surface area contributed by atoms with Gasteiger partial charge >= 0.3 is 0 Å². The Kier molecular flexibility index (Phi) is 3.45. The number of nitrogens with zero attached hydrogens (tertiary/aromatic N) is 2. The highest BCUT2D eigenvalue weighted by atomic mass is 32.2. The molecule has 0 spiro atoms. The highest BCUT2D eigenvalue weighted by Gasteiger charge is 2.04. The van der Waals surface area contributed by atoms with E-state index in [2.05, 4.69) is 21.7 Å². The fourth-order valence-electron chi connectivity index (χ4n) is 1.70. The molecule has 0 atom stereocenters. The molecule has 90 valence electrons.